The molecule has 6 heteroatoms. The summed E-state index contributed by atoms with van der Waals surface area (Å²) in [6.45, 7) is 0. The molecule has 2 saturated carbocycles. The van der Waals surface area contributed by atoms with Crippen molar-refractivity contribution in [3.63, 3.8) is 0 Å². The lowest BCUT2D eigenvalue weighted by Crippen LogP contribution is -2.56. The molecule has 2 aliphatic rings. The normalized spacial score (nSPS) is 18.9. The van der Waals surface area contributed by atoms with Crippen molar-refractivity contribution in [3.8, 4) is 0 Å². The predicted molar refractivity (Wildman–Crippen MR) is 84.4 cm³/mol. The van der Waals surface area contributed by atoms with Crippen LogP contribution in [0.15, 0.2) is 24.3 Å². The van der Waals surface area contributed by atoms with E-state index in [1.165, 1.54) is 0 Å². The fraction of sp³-hybridized carbons (Fsp3) is 0.467. The Balaban J connectivity index is 0.00000161. The molecular weight excluding hydrogens is 290 g/mol. The Kier molecular flexibility index (Phi) is 4.54. The monoisotopic (exact) mass is 309 g/mol. The van der Waals surface area contributed by atoms with Gasteiger partial charge >= 0.3 is 0 Å². The molecule has 21 heavy (non-hydrogen) atoms. The quantitative estimate of drug-likeness (QED) is 0.797. The molecule has 0 spiro atoms. The highest BCUT2D eigenvalue weighted by atomic mass is 35.5. The van der Waals surface area contributed by atoms with E-state index in [0.29, 0.717) is 5.69 Å². The van der Waals surface area contributed by atoms with E-state index in [2.05, 4.69) is 10.6 Å². The second-order valence-electron chi connectivity index (χ2n) is 5.80. The van der Waals surface area contributed by atoms with Crippen LogP contribution >= 0.6 is 12.4 Å². The minimum absolute atomic E-state index is 0. The van der Waals surface area contributed by atoms with Gasteiger partial charge in [0, 0.05) is 17.3 Å². The molecular formula is C15H20ClN3O2. The summed E-state index contributed by atoms with van der Waals surface area (Å²) in [4.78, 5) is 23.6. The van der Waals surface area contributed by atoms with Gasteiger partial charge < -0.3 is 16.4 Å². The lowest BCUT2D eigenvalue weighted by molar-refractivity contribution is -0.123. The fourth-order valence-corrected chi connectivity index (χ4v) is 2.27. The third-order valence-corrected chi connectivity index (χ3v) is 4.06. The minimum Gasteiger partial charge on any atom is -0.326 e. The van der Waals surface area contributed by atoms with Gasteiger partial charge in [-0.05, 0) is 56.4 Å². The molecule has 3 rings (SSSR count). The van der Waals surface area contributed by atoms with Crippen molar-refractivity contribution in [2.45, 2.75) is 37.6 Å². The van der Waals surface area contributed by atoms with Gasteiger partial charge in [-0.2, -0.15) is 0 Å². The first kappa shape index (κ1) is 15.8. The Morgan fingerprint density at radius 3 is 2.00 bits per heavy atom. The predicted octanol–water partition coefficient (Wildman–Crippen LogP) is 2.28. The number of benzene rings is 1. The van der Waals surface area contributed by atoms with E-state index < -0.39 is 5.54 Å². The summed E-state index contributed by atoms with van der Waals surface area (Å²) in [6, 6.07) is 7.14. The molecule has 0 unspecified atom stereocenters. The Morgan fingerprint density at radius 2 is 1.57 bits per heavy atom. The number of halogens is 1. The van der Waals surface area contributed by atoms with Gasteiger partial charge in [0.2, 0.25) is 11.8 Å². The molecule has 2 amide bonds. The van der Waals surface area contributed by atoms with Crippen LogP contribution in [0.5, 0.6) is 0 Å². The number of carbonyl (C=O) groups is 2. The van der Waals surface area contributed by atoms with Gasteiger partial charge in [0.25, 0.3) is 0 Å². The molecule has 0 heterocycles. The second kappa shape index (κ2) is 6.03. The van der Waals surface area contributed by atoms with Crippen LogP contribution in [0.2, 0.25) is 0 Å². The van der Waals surface area contributed by atoms with Gasteiger partial charge in [0.15, 0.2) is 0 Å². The molecule has 2 fully saturated rings. The van der Waals surface area contributed by atoms with Crippen LogP contribution in [0.3, 0.4) is 0 Å². The second-order valence-corrected chi connectivity index (χ2v) is 5.80. The summed E-state index contributed by atoms with van der Waals surface area (Å²) in [5, 5.41) is 5.68. The molecule has 0 aromatic heterocycles. The van der Waals surface area contributed by atoms with Crippen molar-refractivity contribution in [1.29, 1.82) is 0 Å². The highest BCUT2D eigenvalue weighted by molar-refractivity contribution is 5.99. The standard InChI is InChI=1S/C15H19N3O2.ClH/c16-15(8-1-9-15)14(20)18-12-6-4-11(5-7-12)17-13(19)10-2-3-10;/h4-7,10H,1-3,8-9,16H2,(H,17,19)(H,18,20);1H. The zero-order valence-corrected chi connectivity index (χ0v) is 12.5. The van der Waals surface area contributed by atoms with Crippen LogP contribution in [0.25, 0.3) is 0 Å². The van der Waals surface area contributed by atoms with E-state index in [4.69, 9.17) is 5.73 Å². The molecule has 1 aromatic carbocycles. The van der Waals surface area contributed by atoms with Crippen LogP contribution in [0.4, 0.5) is 11.4 Å². The van der Waals surface area contributed by atoms with E-state index >= 15 is 0 Å². The van der Waals surface area contributed by atoms with Crippen LogP contribution in [0, 0.1) is 5.92 Å². The Hall–Kier alpha value is -1.59. The molecule has 5 nitrogen and oxygen atoms in total. The minimum atomic E-state index is -0.696. The van der Waals surface area contributed by atoms with E-state index in [-0.39, 0.29) is 30.1 Å². The van der Waals surface area contributed by atoms with Crippen molar-refractivity contribution in [1.82, 2.24) is 0 Å². The van der Waals surface area contributed by atoms with E-state index in [0.717, 1.165) is 37.8 Å². The SMILES string of the molecule is Cl.NC1(C(=O)Nc2ccc(NC(=O)C3CC3)cc2)CCC1. The van der Waals surface area contributed by atoms with Gasteiger partial charge in [-0.25, -0.2) is 0 Å². The molecule has 2 aliphatic carbocycles. The summed E-state index contributed by atoms with van der Waals surface area (Å²) in [6.07, 6.45) is 4.47. The zero-order chi connectivity index (χ0) is 14.2. The Labute approximate surface area is 130 Å². The van der Waals surface area contributed by atoms with Crippen molar-refractivity contribution in [2.24, 2.45) is 11.7 Å². The smallest absolute Gasteiger partial charge is 0.244 e. The number of carbonyl (C=O) groups excluding carboxylic acids is 2. The summed E-state index contributed by atoms with van der Waals surface area (Å²) in [5.74, 6) is 0.140. The van der Waals surface area contributed by atoms with Gasteiger partial charge in [-0.15, -0.1) is 12.4 Å². The van der Waals surface area contributed by atoms with E-state index in [1.54, 1.807) is 24.3 Å². The van der Waals surface area contributed by atoms with Crippen LogP contribution in [-0.4, -0.2) is 17.4 Å². The topological polar surface area (TPSA) is 84.2 Å². The van der Waals surface area contributed by atoms with Gasteiger partial charge in [0.1, 0.15) is 0 Å². The number of amides is 2. The molecule has 4 N–H and O–H groups in total. The average Bonchev–Trinajstić information content (AvgIpc) is 3.22. The maximum atomic E-state index is 12.0. The van der Waals surface area contributed by atoms with Crippen LogP contribution < -0.4 is 16.4 Å². The summed E-state index contributed by atoms with van der Waals surface area (Å²) in [7, 11) is 0. The number of hydrogen-bond acceptors (Lipinski definition) is 3. The first-order chi connectivity index (χ1) is 9.57. The fourth-order valence-electron chi connectivity index (χ4n) is 2.27. The summed E-state index contributed by atoms with van der Waals surface area (Å²) < 4.78 is 0. The van der Waals surface area contributed by atoms with Gasteiger partial charge in [-0.3, -0.25) is 9.59 Å². The number of hydrogen-bond donors (Lipinski definition) is 3. The molecule has 0 saturated heterocycles. The van der Waals surface area contributed by atoms with Gasteiger partial charge in [-0.1, -0.05) is 0 Å². The van der Waals surface area contributed by atoms with Crippen molar-refractivity contribution >= 4 is 35.6 Å². The third kappa shape index (κ3) is 3.54. The Morgan fingerprint density at radius 1 is 1.05 bits per heavy atom. The van der Waals surface area contributed by atoms with Crippen molar-refractivity contribution in [3.05, 3.63) is 24.3 Å². The first-order valence-electron chi connectivity index (χ1n) is 7.08. The first-order valence-corrected chi connectivity index (χ1v) is 7.08. The molecule has 0 radical (unpaired) electrons. The summed E-state index contributed by atoms with van der Waals surface area (Å²) >= 11 is 0. The maximum Gasteiger partial charge on any atom is 0.244 e. The summed E-state index contributed by atoms with van der Waals surface area (Å²) in [5.41, 5.74) is 6.73. The molecule has 0 atom stereocenters. The molecule has 0 aliphatic heterocycles. The average molecular weight is 310 g/mol. The van der Waals surface area contributed by atoms with Crippen molar-refractivity contribution < 1.29 is 9.59 Å². The lowest BCUT2D eigenvalue weighted by atomic mass is 9.77. The highest BCUT2D eigenvalue weighted by Gasteiger charge is 2.40. The molecule has 114 valence electrons. The number of nitrogens with two attached hydrogens (primary N) is 1. The third-order valence-electron chi connectivity index (χ3n) is 4.06. The van der Waals surface area contributed by atoms with E-state index in [9.17, 15) is 9.59 Å². The van der Waals surface area contributed by atoms with Gasteiger partial charge in [0.05, 0.1) is 5.54 Å². The van der Waals surface area contributed by atoms with Crippen molar-refractivity contribution in [2.75, 3.05) is 10.6 Å². The van der Waals surface area contributed by atoms with Crippen LogP contribution in [-0.2, 0) is 9.59 Å². The number of rotatable bonds is 4. The zero-order valence-electron chi connectivity index (χ0n) is 11.7. The highest BCUT2D eigenvalue weighted by Crippen LogP contribution is 2.31. The largest absolute Gasteiger partial charge is 0.326 e. The van der Waals surface area contributed by atoms with Crippen LogP contribution in [0.1, 0.15) is 32.1 Å². The lowest BCUT2D eigenvalue weighted by Gasteiger charge is -2.36. The van der Waals surface area contributed by atoms with E-state index in [1.807, 2.05) is 0 Å². The number of nitrogens with one attached hydrogen (secondary N) is 2. The number of anilines is 2. The maximum absolute atomic E-state index is 12.0. The molecule has 1 aromatic rings. The molecule has 0 bridgehead atoms. The Bertz CT molecular complexity index is 536.